The van der Waals surface area contributed by atoms with Gasteiger partial charge < -0.3 is 19.9 Å². The number of hydrogen-bond donors (Lipinski definition) is 2. The number of carbonyl (C=O) groups excluding carboxylic acids is 1. The van der Waals surface area contributed by atoms with E-state index in [1.807, 2.05) is 0 Å². The van der Waals surface area contributed by atoms with Gasteiger partial charge in [-0.25, -0.2) is 10.1 Å². The van der Waals surface area contributed by atoms with Gasteiger partial charge in [0.05, 0.1) is 33.2 Å². The van der Waals surface area contributed by atoms with E-state index in [-0.39, 0.29) is 17.3 Å². The molecule has 0 saturated carbocycles. The monoisotopic (exact) mass is 499 g/mol. The van der Waals surface area contributed by atoms with Crippen LogP contribution in [0.4, 0.5) is 5.82 Å². The van der Waals surface area contributed by atoms with Crippen LogP contribution in [0.15, 0.2) is 21.9 Å². The minimum Gasteiger partial charge on any atom is -0.493 e. The first kappa shape index (κ1) is 24.9. The molecule has 14 heteroatoms. The molecule has 14 nitrogen and oxygen atoms in total. The van der Waals surface area contributed by atoms with Crippen molar-refractivity contribution in [3.8, 4) is 23.1 Å². The second-order valence-electron chi connectivity index (χ2n) is 8.12. The summed E-state index contributed by atoms with van der Waals surface area (Å²) in [6.07, 6.45) is 5.97. The predicted molar refractivity (Wildman–Crippen MR) is 129 cm³/mol. The highest BCUT2D eigenvalue weighted by Gasteiger charge is 2.26. The van der Waals surface area contributed by atoms with Crippen LogP contribution in [0.3, 0.4) is 0 Å². The van der Waals surface area contributed by atoms with E-state index in [0.29, 0.717) is 35.1 Å². The van der Waals surface area contributed by atoms with Crippen LogP contribution < -0.4 is 25.4 Å². The van der Waals surface area contributed by atoms with Gasteiger partial charge >= 0.3 is 0 Å². The largest absolute Gasteiger partial charge is 0.493 e. The molecule has 1 aromatic carbocycles. The quantitative estimate of drug-likeness (QED) is 0.322. The number of benzene rings is 1. The van der Waals surface area contributed by atoms with Crippen LogP contribution in [-0.4, -0.2) is 76.7 Å². The molecule has 1 saturated heterocycles. The molecule has 0 radical (unpaired) electrons. The summed E-state index contributed by atoms with van der Waals surface area (Å²) < 4.78 is 22.1. The summed E-state index contributed by atoms with van der Waals surface area (Å²) in [6, 6.07) is 3.41. The van der Waals surface area contributed by atoms with E-state index in [0.717, 1.165) is 25.9 Å². The van der Waals surface area contributed by atoms with Crippen molar-refractivity contribution >= 4 is 17.9 Å². The zero-order chi connectivity index (χ0) is 25.5. The molecule has 4 rings (SSSR count). The molecule has 1 aliphatic heterocycles. The molecule has 0 bridgehead atoms. The number of ether oxygens (including phenoxy) is 3. The second kappa shape index (κ2) is 11.5. The Labute approximate surface area is 207 Å². The van der Waals surface area contributed by atoms with Gasteiger partial charge in [-0.2, -0.15) is 9.78 Å². The fourth-order valence-electron chi connectivity index (χ4n) is 4.03. The number of carbonyl (C=O) groups is 1. The van der Waals surface area contributed by atoms with Crippen LogP contribution in [0.1, 0.15) is 47.4 Å². The standard InChI is InChI=1S/C22H29N9O5/c1-33-16-10-14(11-17(34-2)19(16)35-3)12-24-26-22(32)18-15(13-30-8-6-4-5-7-9-30)31(29-25-18)21-20(23)27-36-28-21/h10-12H,4-9,13H2,1-3H3,(H2,23,27)(H,26,32). The lowest BCUT2D eigenvalue weighted by molar-refractivity contribution is 0.0948. The summed E-state index contributed by atoms with van der Waals surface area (Å²) in [5, 5.41) is 19.7. The Bertz CT molecular complexity index is 1190. The molecule has 3 heterocycles. The molecule has 36 heavy (non-hydrogen) atoms. The van der Waals surface area contributed by atoms with Gasteiger partial charge in [-0.3, -0.25) is 9.69 Å². The van der Waals surface area contributed by atoms with Crippen LogP contribution in [0.5, 0.6) is 17.2 Å². The van der Waals surface area contributed by atoms with Gasteiger partial charge in [-0.15, -0.1) is 5.10 Å². The van der Waals surface area contributed by atoms with Crippen molar-refractivity contribution in [3.63, 3.8) is 0 Å². The summed E-state index contributed by atoms with van der Waals surface area (Å²) in [5.41, 5.74) is 9.62. The molecular weight excluding hydrogens is 470 g/mol. The fraction of sp³-hybridized carbons (Fsp3) is 0.455. The SMILES string of the molecule is COc1cc(C=NNC(=O)c2nnn(-c3nonc3N)c2CN2CCCCCC2)cc(OC)c1OC. The Morgan fingerprint density at radius 1 is 1.11 bits per heavy atom. The summed E-state index contributed by atoms with van der Waals surface area (Å²) in [5.74, 6) is 1.07. The zero-order valence-electron chi connectivity index (χ0n) is 20.4. The second-order valence-corrected chi connectivity index (χ2v) is 8.12. The number of nitrogens with zero attached hydrogens (tertiary/aromatic N) is 7. The number of hydrazone groups is 1. The summed E-state index contributed by atoms with van der Waals surface area (Å²) in [4.78, 5) is 15.3. The van der Waals surface area contributed by atoms with Gasteiger partial charge in [0.25, 0.3) is 5.91 Å². The maximum Gasteiger partial charge on any atom is 0.293 e. The Hall–Kier alpha value is -4.20. The molecular formula is C22H29N9O5. The Morgan fingerprint density at radius 2 is 1.81 bits per heavy atom. The molecule has 0 atom stereocenters. The van der Waals surface area contributed by atoms with E-state index in [9.17, 15) is 4.79 Å². The summed E-state index contributed by atoms with van der Waals surface area (Å²) >= 11 is 0. The van der Waals surface area contributed by atoms with E-state index in [1.165, 1.54) is 45.1 Å². The lowest BCUT2D eigenvalue weighted by atomic mass is 10.2. The molecule has 3 aromatic rings. The van der Waals surface area contributed by atoms with Crippen LogP contribution in [0.2, 0.25) is 0 Å². The van der Waals surface area contributed by atoms with Crippen molar-refractivity contribution in [2.24, 2.45) is 5.10 Å². The van der Waals surface area contributed by atoms with Gasteiger partial charge in [0, 0.05) is 12.1 Å². The van der Waals surface area contributed by atoms with Gasteiger partial charge in [-0.05, 0) is 48.4 Å². The highest BCUT2D eigenvalue weighted by molar-refractivity contribution is 5.94. The molecule has 0 unspecified atom stereocenters. The summed E-state index contributed by atoms with van der Waals surface area (Å²) in [6.45, 7) is 2.23. The van der Waals surface area contributed by atoms with E-state index in [2.05, 4.69) is 36.1 Å². The third kappa shape index (κ3) is 5.38. The maximum atomic E-state index is 13.1. The normalized spacial score (nSPS) is 14.5. The maximum absolute atomic E-state index is 13.1. The van der Waals surface area contributed by atoms with E-state index >= 15 is 0 Å². The van der Waals surface area contributed by atoms with Gasteiger partial charge in [-0.1, -0.05) is 18.1 Å². The molecule has 1 aliphatic rings. The van der Waals surface area contributed by atoms with Crippen LogP contribution >= 0.6 is 0 Å². The molecule has 3 N–H and O–H groups in total. The topological polar surface area (TPSA) is 168 Å². The van der Waals surface area contributed by atoms with E-state index < -0.39 is 5.91 Å². The first-order valence-corrected chi connectivity index (χ1v) is 11.4. The fourth-order valence-corrected chi connectivity index (χ4v) is 4.03. The van der Waals surface area contributed by atoms with Crippen molar-refractivity contribution in [3.05, 3.63) is 29.1 Å². The molecule has 192 valence electrons. The first-order valence-electron chi connectivity index (χ1n) is 11.4. The third-order valence-corrected chi connectivity index (χ3v) is 5.81. The molecule has 0 aliphatic carbocycles. The first-order chi connectivity index (χ1) is 17.5. The van der Waals surface area contributed by atoms with E-state index in [4.69, 9.17) is 24.6 Å². The highest BCUT2D eigenvalue weighted by Crippen LogP contribution is 2.37. The number of hydrogen-bond acceptors (Lipinski definition) is 12. The van der Waals surface area contributed by atoms with Crippen LogP contribution in [-0.2, 0) is 6.54 Å². The van der Waals surface area contributed by atoms with Crippen molar-refractivity contribution < 1.29 is 23.6 Å². The van der Waals surface area contributed by atoms with Crippen molar-refractivity contribution in [2.45, 2.75) is 32.2 Å². The van der Waals surface area contributed by atoms with Gasteiger partial charge in [0.1, 0.15) is 0 Å². The Kier molecular flexibility index (Phi) is 7.95. The van der Waals surface area contributed by atoms with Gasteiger partial charge in [0.2, 0.25) is 17.4 Å². The number of rotatable bonds is 9. The smallest absolute Gasteiger partial charge is 0.293 e. The van der Waals surface area contributed by atoms with Crippen molar-refractivity contribution in [1.82, 2.24) is 35.6 Å². The number of aromatic nitrogens is 5. The average Bonchev–Trinajstić information content (AvgIpc) is 3.40. The molecule has 1 amide bonds. The Balaban J connectivity index is 1.57. The molecule has 2 aromatic heterocycles. The predicted octanol–water partition coefficient (Wildman–Crippen LogP) is 1.40. The lowest BCUT2D eigenvalue weighted by Crippen LogP contribution is -2.28. The number of methoxy groups -OCH3 is 3. The number of likely N-dealkylation sites (tertiary alicyclic amines) is 1. The number of nitrogen functional groups attached to an aromatic ring is 1. The van der Waals surface area contributed by atoms with Crippen LogP contribution in [0.25, 0.3) is 5.82 Å². The minimum atomic E-state index is -0.537. The number of anilines is 1. The number of nitrogens with one attached hydrogen (secondary N) is 1. The summed E-state index contributed by atoms with van der Waals surface area (Å²) in [7, 11) is 4.56. The lowest BCUT2D eigenvalue weighted by Gasteiger charge is -2.20. The third-order valence-electron chi connectivity index (χ3n) is 5.81. The molecule has 0 spiro atoms. The van der Waals surface area contributed by atoms with Crippen molar-refractivity contribution in [2.75, 3.05) is 40.2 Å². The zero-order valence-corrected chi connectivity index (χ0v) is 20.4. The average molecular weight is 500 g/mol. The Morgan fingerprint density at radius 3 is 2.39 bits per heavy atom. The van der Waals surface area contributed by atoms with Gasteiger partial charge in [0.15, 0.2) is 17.2 Å². The number of nitrogens with two attached hydrogens (primary N) is 1. The van der Waals surface area contributed by atoms with Crippen LogP contribution in [0, 0.1) is 0 Å². The van der Waals surface area contributed by atoms with E-state index in [1.54, 1.807) is 12.1 Å². The highest BCUT2D eigenvalue weighted by atomic mass is 16.6. The molecule has 1 fully saturated rings. The minimum absolute atomic E-state index is 0.0457. The number of amides is 1. The van der Waals surface area contributed by atoms with Crippen molar-refractivity contribution in [1.29, 1.82) is 0 Å².